The molecule has 0 radical (unpaired) electrons. The number of imidazole rings is 1. The van der Waals surface area contributed by atoms with Crippen molar-refractivity contribution in [2.24, 2.45) is 5.92 Å². The van der Waals surface area contributed by atoms with E-state index in [-0.39, 0.29) is 12.0 Å². The van der Waals surface area contributed by atoms with Crippen LogP contribution in [-0.2, 0) is 23.0 Å². The largest absolute Gasteiger partial charge is 0.367 e. The Bertz CT molecular complexity index is 1190. The van der Waals surface area contributed by atoms with Gasteiger partial charge in [-0.1, -0.05) is 48.6 Å². The molecule has 32 heavy (non-hydrogen) atoms. The molecule has 1 aliphatic carbocycles. The smallest absolute Gasteiger partial charge is 0.252 e. The van der Waals surface area contributed by atoms with E-state index in [1.54, 1.807) is 22.8 Å². The lowest BCUT2D eigenvalue weighted by molar-refractivity contribution is 0.258. The van der Waals surface area contributed by atoms with Crippen molar-refractivity contribution in [3.8, 4) is 0 Å². The topological polar surface area (TPSA) is 69.3 Å². The molecule has 2 aromatic heterocycles. The second-order valence-corrected chi connectivity index (χ2v) is 11.3. The van der Waals surface area contributed by atoms with Crippen molar-refractivity contribution in [1.29, 1.82) is 0 Å². The summed E-state index contributed by atoms with van der Waals surface area (Å²) in [6.45, 7) is 1.77. The number of hydrogen-bond acceptors (Lipinski definition) is 5. The highest BCUT2D eigenvalue weighted by Crippen LogP contribution is 2.35. The average molecular weight is 467 g/mol. The van der Waals surface area contributed by atoms with Crippen molar-refractivity contribution in [3.05, 3.63) is 95.6 Å². The molecule has 1 fully saturated rings. The Hall–Kier alpha value is -2.68. The molecule has 3 aromatic rings. The molecule has 3 heterocycles. The van der Waals surface area contributed by atoms with Crippen molar-refractivity contribution in [1.82, 2.24) is 19.2 Å². The van der Waals surface area contributed by atoms with Crippen LogP contribution in [0.5, 0.6) is 0 Å². The van der Waals surface area contributed by atoms with E-state index in [2.05, 4.69) is 45.2 Å². The fraction of sp³-hybridized carbons (Fsp3) is 0.292. The molecule has 1 aliphatic heterocycles. The third-order valence-electron chi connectivity index (χ3n) is 6.13. The van der Waals surface area contributed by atoms with E-state index >= 15 is 0 Å². The Kier molecular flexibility index (Phi) is 5.99. The minimum absolute atomic E-state index is 0.124. The fourth-order valence-electron chi connectivity index (χ4n) is 4.62. The highest BCUT2D eigenvalue weighted by atomic mass is 32.2. The predicted octanol–water partition coefficient (Wildman–Crippen LogP) is 4.05. The summed E-state index contributed by atoms with van der Waals surface area (Å²) in [6.07, 6.45) is 11.4. The van der Waals surface area contributed by atoms with Gasteiger partial charge in [-0.25, -0.2) is 13.4 Å². The lowest BCUT2D eigenvalue weighted by atomic mass is 9.96. The molecule has 6 nitrogen and oxygen atoms in total. The maximum atomic E-state index is 13.8. The lowest BCUT2D eigenvalue weighted by Gasteiger charge is -2.32. The Morgan fingerprint density at radius 2 is 2.00 bits per heavy atom. The van der Waals surface area contributed by atoms with E-state index in [0.29, 0.717) is 30.3 Å². The van der Waals surface area contributed by atoms with Gasteiger partial charge in [0.25, 0.3) is 10.0 Å². The number of aromatic amines is 1. The standard InChI is InChI=1S/C24H26N4O2S2/c29-32(30,24-11-6-12-31-24)28-15-20-9-4-5-10-23(20)27(16-21-14-25-18-26-21)17-22(28)13-19-7-2-1-3-8-19/h1-8,10-12,14,18,20,22H,9,13,15-17H2,(H,25,26). The molecular weight excluding hydrogens is 440 g/mol. The summed E-state index contributed by atoms with van der Waals surface area (Å²) < 4.78 is 29.7. The number of allylic oxidation sites excluding steroid dienone is 3. The molecule has 1 saturated heterocycles. The monoisotopic (exact) mass is 466 g/mol. The number of thiophene rings is 1. The normalized spacial score (nSPS) is 21.8. The molecule has 0 amide bonds. The molecule has 0 bridgehead atoms. The van der Waals surface area contributed by atoms with Gasteiger partial charge in [-0.3, -0.25) is 0 Å². The van der Waals surface area contributed by atoms with Crippen LogP contribution in [-0.4, -0.2) is 46.7 Å². The van der Waals surface area contributed by atoms with E-state index in [9.17, 15) is 8.42 Å². The molecule has 1 aromatic carbocycles. The molecule has 8 heteroatoms. The first-order valence-electron chi connectivity index (χ1n) is 10.8. The Labute approximate surface area is 193 Å². The summed E-state index contributed by atoms with van der Waals surface area (Å²) in [6, 6.07) is 13.5. The first-order valence-corrected chi connectivity index (χ1v) is 13.1. The molecular formula is C24H26N4O2S2. The molecule has 0 spiro atoms. The zero-order valence-electron chi connectivity index (χ0n) is 17.7. The van der Waals surface area contributed by atoms with Gasteiger partial charge in [0, 0.05) is 36.9 Å². The molecule has 2 unspecified atom stereocenters. The van der Waals surface area contributed by atoms with Gasteiger partial charge < -0.3 is 9.88 Å². The zero-order chi connectivity index (χ0) is 22.0. The summed E-state index contributed by atoms with van der Waals surface area (Å²) in [5.74, 6) is 0.124. The molecule has 2 atom stereocenters. The number of rotatable bonds is 6. The van der Waals surface area contributed by atoms with Crippen molar-refractivity contribution >= 4 is 21.4 Å². The average Bonchev–Trinajstić information content (AvgIpc) is 3.50. The van der Waals surface area contributed by atoms with Crippen LogP contribution in [0, 0.1) is 5.92 Å². The van der Waals surface area contributed by atoms with E-state index in [1.807, 2.05) is 29.8 Å². The first-order chi connectivity index (χ1) is 15.6. The van der Waals surface area contributed by atoms with E-state index in [0.717, 1.165) is 17.7 Å². The lowest BCUT2D eigenvalue weighted by Crippen LogP contribution is -2.45. The van der Waals surface area contributed by atoms with E-state index in [1.165, 1.54) is 17.0 Å². The number of nitrogens with zero attached hydrogens (tertiary/aromatic N) is 3. The highest BCUT2D eigenvalue weighted by molar-refractivity contribution is 7.91. The highest BCUT2D eigenvalue weighted by Gasteiger charge is 2.40. The van der Waals surface area contributed by atoms with Crippen LogP contribution in [0.15, 0.2) is 88.5 Å². The first kappa shape index (κ1) is 21.2. The number of hydrogen-bond donors (Lipinski definition) is 1. The minimum atomic E-state index is -3.59. The van der Waals surface area contributed by atoms with Crippen LogP contribution in [0.1, 0.15) is 17.7 Å². The molecule has 2 aliphatic rings. The predicted molar refractivity (Wildman–Crippen MR) is 126 cm³/mol. The number of benzene rings is 1. The van der Waals surface area contributed by atoms with Gasteiger partial charge in [0.05, 0.1) is 18.6 Å². The number of H-pyrrole nitrogens is 1. The van der Waals surface area contributed by atoms with Gasteiger partial charge in [0.2, 0.25) is 0 Å². The summed E-state index contributed by atoms with van der Waals surface area (Å²) >= 11 is 1.29. The Balaban J connectivity index is 1.55. The number of fused-ring (bicyclic) bond motifs is 1. The van der Waals surface area contributed by atoms with Crippen molar-refractivity contribution in [3.63, 3.8) is 0 Å². The van der Waals surface area contributed by atoms with Crippen molar-refractivity contribution in [2.45, 2.75) is 29.6 Å². The van der Waals surface area contributed by atoms with Gasteiger partial charge in [-0.15, -0.1) is 11.3 Å². The maximum Gasteiger partial charge on any atom is 0.252 e. The van der Waals surface area contributed by atoms with Crippen LogP contribution in [0.4, 0.5) is 0 Å². The zero-order valence-corrected chi connectivity index (χ0v) is 19.3. The summed E-state index contributed by atoms with van der Waals surface area (Å²) in [5, 5.41) is 1.83. The summed E-state index contributed by atoms with van der Waals surface area (Å²) in [7, 11) is -3.59. The number of aromatic nitrogens is 2. The Morgan fingerprint density at radius 3 is 2.75 bits per heavy atom. The van der Waals surface area contributed by atoms with Crippen LogP contribution in [0.3, 0.4) is 0 Å². The third-order valence-corrected chi connectivity index (χ3v) is 9.43. The van der Waals surface area contributed by atoms with Gasteiger partial charge in [-0.05, 0) is 35.9 Å². The van der Waals surface area contributed by atoms with Crippen LogP contribution < -0.4 is 0 Å². The van der Waals surface area contributed by atoms with E-state index < -0.39 is 10.0 Å². The van der Waals surface area contributed by atoms with Gasteiger partial charge in [-0.2, -0.15) is 4.31 Å². The van der Waals surface area contributed by atoms with Gasteiger partial charge in [0.1, 0.15) is 4.21 Å². The van der Waals surface area contributed by atoms with Crippen molar-refractivity contribution < 1.29 is 8.42 Å². The maximum absolute atomic E-state index is 13.8. The molecule has 0 saturated carbocycles. The molecule has 5 rings (SSSR count). The third kappa shape index (κ3) is 4.30. The van der Waals surface area contributed by atoms with Crippen molar-refractivity contribution in [2.75, 3.05) is 13.1 Å². The summed E-state index contributed by atoms with van der Waals surface area (Å²) in [5.41, 5.74) is 3.36. The SMILES string of the molecule is O=S(=O)(c1cccs1)N1CC2CC=CC=C2N(Cc2cnc[nH]2)CC1Cc1ccccc1. The van der Waals surface area contributed by atoms with Crippen LogP contribution in [0.25, 0.3) is 0 Å². The second-order valence-electron chi connectivity index (χ2n) is 8.26. The van der Waals surface area contributed by atoms with Gasteiger partial charge >= 0.3 is 0 Å². The minimum Gasteiger partial charge on any atom is -0.367 e. The van der Waals surface area contributed by atoms with E-state index in [4.69, 9.17) is 0 Å². The summed E-state index contributed by atoms with van der Waals surface area (Å²) in [4.78, 5) is 9.70. The van der Waals surface area contributed by atoms with Crippen LogP contribution in [0.2, 0.25) is 0 Å². The fourth-order valence-corrected chi connectivity index (χ4v) is 7.40. The number of sulfonamides is 1. The quantitative estimate of drug-likeness (QED) is 0.595. The number of nitrogens with one attached hydrogen (secondary N) is 1. The Morgan fingerprint density at radius 1 is 1.12 bits per heavy atom. The van der Waals surface area contributed by atoms with Gasteiger partial charge in [0.15, 0.2) is 0 Å². The second kappa shape index (κ2) is 9.05. The van der Waals surface area contributed by atoms with Crippen LogP contribution >= 0.6 is 11.3 Å². The molecule has 1 N–H and O–H groups in total. The molecule has 166 valence electrons.